The summed E-state index contributed by atoms with van der Waals surface area (Å²) in [6.45, 7) is 8.10. The molecule has 1 aromatic rings. The lowest BCUT2D eigenvalue weighted by Gasteiger charge is -2.24. The van der Waals surface area contributed by atoms with E-state index in [0.717, 1.165) is 10.9 Å². The molecular weight excluding hydrogens is 300 g/mol. The third-order valence-corrected chi connectivity index (χ3v) is 3.91. The molecule has 108 valence electrons. The van der Waals surface area contributed by atoms with Gasteiger partial charge in [0.05, 0.1) is 0 Å². The van der Waals surface area contributed by atoms with Crippen LogP contribution in [0.4, 0.5) is 0 Å². The summed E-state index contributed by atoms with van der Waals surface area (Å²) in [5.74, 6) is 0. The molecule has 0 aliphatic carbocycles. The molecule has 0 saturated heterocycles. The molecule has 19 heavy (non-hydrogen) atoms. The Morgan fingerprint density at radius 3 is 2.37 bits per heavy atom. The molecular formula is C16H27BrN2. The van der Waals surface area contributed by atoms with Crippen LogP contribution in [0.5, 0.6) is 0 Å². The molecule has 2 nitrogen and oxygen atoms in total. The fourth-order valence-corrected chi connectivity index (χ4v) is 2.90. The van der Waals surface area contributed by atoms with Gasteiger partial charge in [-0.15, -0.1) is 0 Å². The maximum absolute atomic E-state index is 3.55. The van der Waals surface area contributed by atoms with Gasteiger partial charge >= 0.3 is 0 Å². The number of hydrogen-bond donors (Lipinski definition) is 1. The Kier molecular flexibility index (Phi) is 8.35. The summed E-state index contributed by atoms with van der Waals surface area (Å²) in [6, 6.07) is 9.05. The standard InChI is InChI=1S/C16H27BrN2/c1-4-10-19(11-5-2)12-9-16(18-3)14-7-6-8-15(17)13-14/h6-8,13,16,18H,4-5,9-12H2,1-3H3. The van der Waals surface area contributed by atoms with Crippen molar-refractivity contribution in [3.8, 4) is 0 Å². The van der Waals surface area contributed by atoms with E-state index in [2.05, 4.69) is 71.3 Å². The topological polar surface area (TPSA) is 15.3 Å². The van der Waals surface area contributed by atoms with Crippen molar-refractivity contribution in [1.82, 2.24) is 10.2 Å². The van der Waals surface area contributed by atoms with Gasteiger partial charge in [-0.1, -0.05) is 41.9 Å². The molecule has 0 saturated carbocycles. The molecule has 0 aliphatic rings. The molecule has 1 atom stereocenters. The molecule has 3 heteroatoms. The van der Waals surface area contributed by atoms with Crippen LogP contribution in [0, 0.1) is 0 Å². The van der Waals surface area contributed by atoms with Gasteiger partial charge in [-0.25, -0.2) is 0 Å². The van der Waals surface area contributed by atoms with Crippen LogP contribution in [0.2, 0.25) is 0 Å². The van der Waals surface area contributed by atoms with Crippen LogP contribution in [0.1, 0.15) is 44.7 Å². The van der Waals surface area contributed by atoms with Crippen molar-refractivity contribution in [1.29, 1.82) is 0 Å². The van der Waals surface area contributed by atoms with Crippen molar-refractivity contribution < 1.29 is 0 Å². The molecule has 1 aromatic carbocycles. The van der Waals surface area contributed by atoms with E-state index < -0.39 is 0 Å². The maximum Gasteiger partial charge on any atom is 0.0330 e. The highest BCUT2D eigenvalue weighted by atomic mass is 79.9. The summed E-state index contributed by atoms with van der Waals surface area (Å²) in [7, 11) is 2.05. The first-order valence-corrected chi connectivity index (χ1v) is 8.15. The van der Waals surface area contributed by atoms with E-state index in [0.29, 0.717) is 6.04 Å². The fourth-order valence-electron chi connectivity index (χ4n) is 2.48. The fraction of sp³-hybridized carbons (Fsp3) is 0.625. The Morgan fingerprint density at radius 2 is 1.84 bits per heavy atom. The molecule has 0 spiro atoms. The van der Waals surface area contributed by atoms with Crippen molar-refractivity contribution >= 4 is 15.9 Å². The van der Waals surface area contributed by atoms with Crippen LogP contribution in [0.3, 0.4) is 0 Å². The Morgan fingerprint density at radius 1 is 1.16 bits per heavy atom. The second-order valence-electron chi connectivity index (χ2n) is 5.03. The van der Waals surface area contributed by atoms with Crippen LogP contribution in [0.15, 0.2) is 28.7 Å². The molecule has 0 radical (unpaired) electrons. The predicted molar refractivity (Wildman–Crippen MR) is 87.6 cm³/mol. The Bertz CT molecular complexity index is 348. The zero-order chi connectivity index (χ0) is 14.1. The van der Waals surface area contributed by atoms with E-state index in [4.69, 9.17) is 0 Å². The average Bonchev–Trinajstić information content (AvgIpc) is 2.40. The van der Waals surface area contributed by atoms with Crippen LogP contribution in [0.25, 0.3) is 0 Å². The third kappa shape index (κ3) is 6.07. The van der Waals surface area contributed by atoms with Gasteiger partial charge in [-0.05, 0) is 63.6 Å². The van der Waals surface area contributed by atoms with Gasteiger partial charge in [0.1, 0.15) is 0 Å². The van der Waals surface area contributed by atoms with Gasteiger partial charge in [0.25, 0.3) is 0 Å². The second kappa shape index (κ2) is 9.51. The average molecular weight is 327 g/mol. The van der Waals surface area contributed by atoms with E-state index in [9.17, 15) is 0 Å². The minimum absolute atomic E-state index is 0.439. The zero-order valence-electron chi connectivity index (χ0n) is 12.5. The number of nitrogens with zero attached hydrogens (tertiary/aromatic N) is 1. The number of benzene rings is 1. The van der Waals surface area contributed by atoms with Crippen molar-refractivity contribution in [2.45, 2.75) is 39.2 Å². The summed E-state index contributed by atoms with van der Waals surface area (Å²) < 4.78 is 1.16. The quantitative estimate of drug-likeness (QED) is 0.730. The number of nitrogens with one attached hydrogen (secondary N) is 1. The molecule has 0 amide bonds. The van der Waals surface area contributed by atoms with Crippen LogP contribution in [-0.2, 0) is 0 Å². The Hall–Kier alpha value is -0.380. The number of hydrogen-bond acceptors (Lipinski definition) is 2. The van der Waals surface area contributed by atoms with Crippen LogP contribution in [-0.4, -0.2) is 31.6 Å². The predicted octanol–water partition coefficient (Wildman–Crippen LogP) is 4.22. The van der Waals surface area contributed by atoms with Crippen molar-refractivity contribution in [2.24, 2.45) is 0 Å². The van der Waals surface area contributed by atoms with Crippen molar-refractivity contribution in [3.63, 3.8) is 0 Å². The Labute approximate surface area is 126 Å². The SMILES string of the molecule is CCCN(CCC)CCC(NC)c1cccc(Br)c1. The summed E-state index contributed by atoms with van der Waals surface area (Å²) in [6.07, 6.45) is 3.63. The highest BCUT2D eigenvalue weighted by molar-refractivity contribution is 9.10. The smallest absolute Gasteiger partial charge is 0.0330 e. The maximum atomic E-state index is 3.55. The minimum atomic E-state index is 0.439. The van der Waals surface area contributed by atoms with E-state index in [1.165, 1.54) is 38.0 Å². The number of rotatable bonds is 9. The van der Waals surface area contributed by atoms with Crippen molar-refractivity contribution in [2.75, 3.05) is 26.7 Å². The van der Waals surface area contributed by atoms with E-state index in [1.807, 2.05) is 0 Å². The highest BCUT2D eigenvalue weighted by Gasteiger charge is 2.11. The van der Waals surface area contributed by atoms with E-state index >= 15 is 0 Å². The first kappa shape index (κ1) is 16.7. The van der Waals surface area contributed by atoms with E-state index in [-0.39, 0.29) is 0 Å². The molecule has 1 unspecified atom stereocenters. The molecule has 0 heterocycles. The molecule has 1 N–H and O–H groups in total. The minimum Gasteiger partial charge on any atom is -0.313 e. The summed E-state index contributed by atoms with van der Waals surface area (Å²) in [5.41, 5.74) is 1.37. The summed E-state index contributed by atoms with van der Waals surface area (Å²) >= 11 is 3.55. The Balaban J connectivity index is 2.56. The molecule has 0 bridgehead atoms. The lowest BCUT2D eigenvalue weighted by molar-refractivity contribution is 0.259. The molecule has 0 aliphatic heterocycles. The van der Waals surface area contributed by atoms with Crippen LogP contribution >= 0.6 is 15.9 Å². The summed E-state index contributed by atoms with van der Waals surface area (Å²) in [4.78, 5) is 2.57. The van der Waals surface area contributed by atoms with Gasteiger partial charge in [-0.2, -0.15) is 0 Å². The molecule has 0 fully saturated rings. The van der Waals surface area contributed by atoms with Gasteiger partial charge < -0.3 is 10.2 Å². The normalized spacial score (nSPS) is 12.9. The van der Waals surface area contributed by atoms with Gasteiger partial charge in [0.2, 0.25) is 0 Å². The monoisotopic (exact) mass is 326 g/mol. The highest BCUT2D eigenvalue weighted by Crippen LogP contribution is 2.20. The largest absolute Gasteiger partial charge is 0.313 e. The molecule has 1 rings (SSSR count). The lowest BCUT2D eigenvalue weighted by Crippen LogP contribution is -2.29. The van der Waals surface area contributed by atoms with Gasteiger partial charge in [-0.3, -0.25) is 0 Å². The lowest BCUT2D eigenvalue weighted by atomic mass is 10.0. The van der Waals surface area contributed by atoms with Crippen molar-refractivity contribution in [3.05, 3.63) is 34.3 Å². The number of halogens is 1. The first-order chi connectivity index (χ1) is 9.21. The first-order valence-electron chi connectivity index (χ1n) is 7.36. The van der Waals surface area contributed by atoms with Crippen LogP contribution < -0.4 is 5.32 Å². The second-order valence-corrected chi connectivity index (χ2v) is 5.94. The van der Waals surface area contributed by atoms with Gasteiger partial charge in [0, 0.05) is 10.5 Å². The molecule has 0 aromatic heterocycles. The summed E-state index contributed by atoms with van der Waals surface area (Å²) in [5, 5.41) is 3.44. The third-order valence-electron chi connectivity index (χ3n) is 3.41. The zero-order valence-corrected chi connectivity index (χ0v) is 14.0. The van der Waals surface area contributed by atoms with E-state index in [1.54, 1.807) is 0 Å². The van der Waals surface area contributed by atoms with Gasteiger partial charge in [0.15, 0.2) is 0 Å².